The molecular formula is C22H29FN4O3S. The molecule has 1 atom stereocenters. The van der Waals surface area contributed by atoms with Gasteiger partial charge >= 0.3 is 6.09 Å². The van der Waals surface area contributed by atoms with E-state index in [-0.39, 0.29) is 17.8 Å². The first-order valence-corrected chi connectivity index (χ1v) is 11.4. The number of hydrogen-bond donors (Lipinski definition) is 1. The number of benzene rings is 1. The third-order valence-electron chi connectivity index (χ3n) is 6.41. The van der Waals surface area contributed by atoms with E-state index in [4.69, 9.17) is 17.0 Å². The van der Waals surface area contributed by atoms with Crippen molar-refractivity contribution >= 4 is 40.6 Å². The summed E-state index contributed by atoms with van der Waals surface area (Å²) in [5.74, 6) is 0.0868. The van der Waals surface area contributed by atoms with Crippen LogP contribution >= 0.6 is 12.2 Å². The average molecular weight is 449 g/mol. The van der Waals surface area contributed by atoms with Crippen molar-refractivity contribution < 1.29 is 18.7 Å². The standard InChI is InChI=1S/C22H29FN4O3S/c1-15(28)25-8-10-26(11-9-25)20-7-6-17(12-19(20)23)27-14-18(30-22(27)29)13-24-21(31)16-4-2-3-5-16/h6-7,12,16,18H,2-5,8-11,13-14H2,1H3,(H,24,31)/t18-/m0/s1. The van der Waals surface area contributed by atoms with Crippen molar-refractivity contribution in [3.8, 4) is 0 Å². The summed E-state index contributed by atoms with van der Waals surface area (Å²) in [5, 5.41) is 3.25. The number of ether oxygens (including phenoxy) is 1. The van der Waals surface area contributed by atoms with E-state index < -0.39 is 6.09 Å². The second-order valence-corrected chi connectivity index (χ2v) is 8.91. The number of thiocarbonyl (C=S) groups is 1. The first-order valence-electron chi connectivity index (χ1n) is 11.0. The monoisotopic (exact) mass is 448 g/mol. The quantitative estimate of drug-likeness (QED) is 0.699. The lowest BCUT2D eigenvalue weighted by Crippen LogP contribution is -2.48. The van der Waals surface area contributed by atoms with Gasteiger partial charge in [0.05, 0.1) is 29.5 Å². The molecule has 1 aromatic carbocycles. The predicted octanol–water partition coefficient (Wildman–Crippen LogP) is 2.93. The fraction of sp³-hybridized carbons (Fsp3) is 0.591. The Morgan fingerprint density at radius 2 is 1.94 bits per heavy atom. The van der Waals surface area contributed by atoms with Gasteiger partial charge in [-0.2, -0.15) is 0 Å². The van der Waals surface area contributed by atoms with Crippen molar-refractivity contribution in [1.29, 1.82) is 0 Å². The maximum atomic E-state index is 14.9. The van der Waals surface area contributed by atoms with Gasteiger partial charge in [0.1, 0.15) is 11.9 Å². The van der Waals surface area contributed by atoms with Gasteiger partial charge in [-0.15, -0.1) is 0 Å². The minimum absolute atomic E-state index is 0.0380. The van der Waals surface area contributed by atoms with Crippen molar-refractivity contribution in [2.75, 3.05) is 49.1 Å². The molecule has 31 heavy (non-hydrogen) atoms. The molecule has 1 N–H and O–H groups in total. The van der Waals surface area contributed by atoms with Gasteiger partial charge in [0.2, 0.25) is 5.91 Å². The summed E-state index contributed by atoms with van der Waals surface area (Å²) in [5.41, 5.74) is 0.967. The van der Waals surface area contributed by atoms with Gasteiger partial charge in [0.25, 0.3) is 0 Å². The number of nitrogens with zero attached hydrogens (tertiary/aromatic N) is 3. The van der Waals surface area contributed by atoms with Crippen molar-refractivity contribution in [2.45, 2.75) is 38.7 Å². The Bertz CT molecular complexity index is 853. The Labute approximate surface area is 187 Å². The molecule has 9 heteroatoms. The maximum Gasteiger partial charge on any atom is 0.414 e. The third-order valence-corrected chi connectivity index (χ3v) is 6.89. The normalized spacial score (nSPS) is 22.1. The van der Waals surface area contributed by atoms with Crippen LogP contribution in [0.25, 0.3) is 0 Å². The summed E-state index contributed by atoms with van der Waals surface area (Å²) in [6.07, 6.45) is 3.88. The number of carbonyl (C=O) groups excluding carboxylic acids is 2. The van der Waals surface area contributed by atoms with Gasteiger partial charge < -0.3 is 19.9 Å². The summed E-state index contributed by atoms with van der Waals surface area (Å²) in [7, 11) is 0. The molecule has 2 saturated heterocycles. The first kappa shape index (κ1) is 21.8. The molecule has 1 aromatic rings. The molecule has 1 saturated carbocycles. The van der Waals surface area contributed by atoms with Gasteiger partial charge in [-0.05, 0) is 31.0 Å². The second-order valence-electron chi connectivity index (χ2n) is 8.47. The molecule has 0 spiro atoms. The number of halogens is 1. The molecule has 168 valence electrons. The molecule has 7 nitrogen and oxygen atoms in total. The van der Waals surface area contributed by atoms with E-state index in [0.717, 1.165) is 17.8 Å². The van der Waals surface area contributed by atoms with Crippen LogP contribution in [0.2, 0.25) is 0 Å². The van der Waals surface area contributed by atoms with E-state index in [1.165, 1.54) is 23.8 Å². The van der Waals surface area contributed by atoms with E-state index in [9.17, 15) is 14.0 Å². The summed E-state index contributed by atoms with van der Waals surface area (Å²) in [6, 6.07) is 4.82. The van der Waals surface area contributed by atoms with E-state index in [2.05, 4.69) is 5.32 Å². The topological polar surface area (TPSA) is 65.1 Å². The molecule has 0 aromatic heterocycles. The van der Waals surface area contributed by atoms with Crippen LogP contribution in [-0.2, 0) is 9.53 Å². The highest BCUT2D eigenvalue weighted by molar-refractivity contribution is 7.80. The van der Waals surface area contributed by atoms with Gasteiger partial charge in [0, 0.05) is 39.0 Å². The Balaban J connectivity index is 1.34. The fourth-order valence-corrected chi connectivity index (χ4v) is 4.89. The van der Waals surface area contributed by atoms with Crippen molar-refractivity contribution in [1.82, 2.24) is 10.2 Å². The van der Waals surface area contributed by atoms with Crippen molar-refractivity contribution in [3.05, 3.63) is 24.0 Å². The highest BCUT2D eigenvalue weighted by atomic mass is 32.1. The van der Waals surface area contributed by atoms with Crippen LogP contribution in [0, 0.1) is 11.7 Å². The molecule has 4 rings (SSSR count). The molecular weight excluding hydrogens is 419 g/mol. The van der Waals surface area contributed by atoms with Gasteiger partial charge in [-0.1, -0.05) is 25.1 Å². The second kappa shape index (κ2) is 9.38. The minimum Gasteiger partial charge on any atom is -0.442 e. The zero-order valence-electron chi connectivity index (χ0n) is 17.8. The molecule has 1 aliphatic carbocycles. The number of cyclic esters (lactones) is 1. The SMILES string of the molecule is CC(=O)N1CCN(c2ccc(N3C[C@H](CNC(=S)C4CCCC4)OC3=O)cc2F)CC1. The summed E-state index contributed by atoms with van der Waals surface area (Å²) in [4.78, 5) is 29.8. The minimum atomic E-state index is -0.471. The summed E-state index contributed by atoms with van der Waals surface area (Å²) in [6.45, 7) is 4.68. The maximum absolute atomic E-state index is 14.9. The summed E-state index contributed by atoms with van der Waals surface area (Å²) < 4.78 is 20.3. The highest BCUT2D eigenvalue weighted by Gasteiger charge is 2.33. The van der Waals surface area contributed by atoms with E-state index in [1.807, 2.05) is 4.90 Å². The van der Waals surface area contributed by atoms with Crippen LogP contribution < -0.4 is 15.1 Å². The van der Waals surface area contributed by atoms with Crippen LogP contribution in [-0.4, -0.2) is 67.3 Å². The largest absolute Gasteiger partial charge is 0.442 e. The molecule has 0 radical (unpaired) electrons. The molecule has 2 amide bonds. The van der Waals surface area contributed by atoms with Crippen LogP contribution in [0.15, 0.2) is 18.2 Å². The van der Waals surface area contributed by atoms with Crippen LogP contribution in [0.1, 0.15) is 32.6 Å². The molecule has 2 aliphatic heterocycles. The Morgan fingerprint density at radius 1 is 1.23 bits per heavy atom. The first-order chi connectivity index (χ1) is 14.9. The van der Waals surface area contributed by atoms with Crippen molar-refractivity contribution in [2.24, 2.45) is 5.92 Å². The zero-order valence-corrected chi connectivity index (χ0v) is 18.6. The number of rotatable bonds is 5. The Kier molecular flexibility index (Phi) is 6.60. The lowest BCUT2D eigenvalue weighted by molar-refractivity contribution is -0.129. The van der Waals surface area contributed by atoms with Crippen molar-refractivity contribution in [3.63, 3.8) is 0 Å². The molecule has 3 aliphatic rings. The lowest BCUT2D eigenvalue weighted by atomic mass is 10.1. The van der Waals surface area contributed by atoms with Crippen LogP contribution in [0.4, 0.5) is 20.6 Å². The Morgan fingerprint density at radius 3 is 2.58 bits per heavy atom. The van der Waals surface area contributed by atoms with E-state index in [0.29, 0.717) is 56.6 Å². The number of amides is 2. The number of anilines is 2. The van der Waals surface area contributed by atoms with Gasteiger partial charge in [-0.25, -0.2) is 9.18 Å². The van der Waals surface area contributed by atoms with E-state index >= 15 is 0 Å². The van der Waals surface area contributed by atoms with E-state index in [1.54, 1.807) is 24.0 Å². The highest BCUT2D eigenvalue weighted by Crippen LogP contribution is 2.29. The zero-order chi connectivity index (χ0) is 22.0. The average Bonchev–Trinajstić information content (AvgIpc) is 3.42. The third kappa shape index (κ3) is 4.92. The number of hydrogen-bond acceptors (Lipinski definition) is 5. The number of nitrogens with one attached hydrogen (secondary N) is 1. The predicted molar refractivity (Wildman–Crippen MR) is 121 cm³/mol. The molecule has 0 unspecified atom stereocenters. The molecule has 0 bridgehead atoms. The number of carbonyl (C=O) groups is 2. The van der Waals surface area contributed by atoms with Crippen LogP contribution in [0.5, 0.6) is 0 Å². The summed E-state index contributed by atoms with van der Waals surface area (Å²) >= 11 is 5.47. The van der Waals surface area contributed by atoms with Crippen LogP contribution in [0.3, 0.4) is 0 Å². The van der Waals surface area contributed by atoms with Gasteiger partial charge in [0.15, 0.2) is 0 Å². The Hall–Kier alpha value is -2.42. The van der Waals surface area contributed by atoms with Gasteiger partial charge in [-0.3, -0.25) is 9.69 Å². The lowest BCUT2D eigenvalue weighted by Gasteiger charge is -2.35. The molecule has 3 fully saturated rings. The number of piperazine rings is 1. The molecule has 2 heterocycles. The fourth-order valence-electron chi connectivity index (χ4n) is 4.57. The smallest absolute Gasteiger partial charge is 0.414 e.